The Morgan fingerprint density at radius 2 is 2.47 bits per heavy atom. The van der Waals surface area contributed by atoms with Gasteiger partial charge in [0.15, 0.2) is 5.72 Å². The van der Waals surface area contributed by atoms with Gasteiger partial charge in [0.2, 0.25) is 0 Å². The van der Waals surface area contributed by atoms with Crippen molar-refractivity contribution in [2.75, 3.05) is 6.54 Å². The monoisotopic (exact) mass is 278 g/mol. The highest BCUT2D eigenvalue weighted by molar-refractivity contribution is 6.30. The zero-order chi connectivity index (χ0) is 13.6. The fourth-order valence-corrected chi connectivity index (χ4v) is 2.97. The van der Waals surface area contributed by atoms with Crippen LogP contribution in [-0.2, 0) is 0 Å². The molecule has 1 saturated heterocycles. The predicted molar refractivity (Wildman–Crippen MR) is 73.3 cm³/mol. The number of hydrogen-bond donors (Lipinski definition) is 1. The van der Waals surface area contributed by atoms with Crippen molar-refractivity contribution in [3.63, 3.8) is 0 Å². The number of nitrogens with zero attached hydrogens (tertiary/aromatic N) is 1. The van der Waals surface area contributed by atoms with Gasteiger partial charge in [-0.3, -0.25) is 4.90 Å². The minimum atomic E-state index is -0.637. The van der Waals surface area contributed by atoms with Crippen LogP contribution in [0.25, 0.3) is 0 Å². The number of ether oxygens (including phenoxy) is 1. The SMILES string of the molecule is C=CCN1C(=O)NC2CC1(C)Oc1ccc(Cl)cc12. The normalized spacial score (nSPS) is 28.2. The van der Waals surface area contributed by atoms with Crippen molar-refractivity contribution in [1.82, 2.24) is 10.2 Å². The number of benzene rings is 1. The van der Waals surface area contributed by atoms with Crippen LogP contribution in [0.2, 0.25) is 5.02 Å². The highest BCUT2D eigenvalue weighted by Gasteiger charge is 2.48. The molecule has 0 spiro atoms. The molecule has 100 valence electrons. The predicted octanol–water partition coefficient (Wildman–Crippen LogP) is 3.09. The molecule has 0 radical (unpaired) electrons. The molecule has 2 aliphatic rings. The number of hydrogen-bond acceptors (Lipinski definition) is 2. The maximum absolute atomic E-state index is 12.2. The van der Waals surface area contributed by atoms with Gasteiger partial charge in [0, 0.05) is 23.6 Å². The summed E-state index contributed by atoms with van der Waals surface area (Å²) in [6.45, 7) is 6.07. The molecule has 1 fully saturated rings. The van der Waals surface area contributed by atoms with Crippen LogP contribution in [0, 0.1) is 0 Å². The van der Waals surface area contributed by atoms with E-state index < -0.39 is 5.72 Å². The Hall–Kier alpha value is -1.68. The van der Waals surface area contributed by atoms with E-state index in [1.54, 1.807) is 17.0 Å². The number of carbonyl (C=O) groups is 1. The van der Waals surface area contributed by atoms with E-state index >= 15 is 0 Å². The first-order valence-corrected chi connectivity index (χ1v) is 6.59. The molecule has 2 unspecified atom stereocenters. The van der Waals surface area contributed by atoms with Gasteiger partial charge in [0.25, 0.3) is 0 Å². The number of amides is 2. The maximum atomic E-state index is 12.2. The van der Waals surface area contributed by atoms with Gasteiger partial charge in [0.1, 0.15) is 5.75 Å². The first-order valence-electron chi connectivity index (χ1n) is 6.21. The first kappa shape index (κ1) is 12.4. The summed E-state index contributed by atoms with van der Waals surface area (Å²) < 4.78 is 6.04. The van der Waals surface area contributed by atoms with Gasteiger partial charge in [-0.25, -0.2) is 4.79 Å². The van der Waals surface area contributed by atoms with Crippen molar-refractivity contribution >= 4 is 17.6 Å². The number of nitrogens with one attached hydrogen (secondary N) is 1. The maximum Gasteiger partial charge on any atom is 0.321 e. The molecule has 2 atom stereocenters. The minimum absolute atomic E-state index is 0.0546. The molecule has 0 aromatic heterocycles. The van der Waals surface area contributed by atoms with E-state index in [4.69, 9.17) is 16.3 Å². The quantitative estimate of drug-likeness (QED) is 0.845. The van der Waals surface area contributed by atoms with Gasteiger partial charge in [0.05, 0.1) is 6.04 Å². The van der Waals surface area contributed by atoms with Crippen molar-refractivity contribution in [3.05, 3.63) is 41.4 Å². The Morgan fingerprint density at radius 3 is 3.21 bits per heavy atom. The molecule has 19 heavy (non-hydrogen) atoms. The van der Waals surface area contributed by atoms with Crippen LogP contribution < -0.4 is 10.1 Å². The van der Waals surface area contributed by atoms with Crippen molar-refractivity contribution in [2.45, 2.75) is 25.1 Å². The smallest absolute Gasteiger partial charge is 0.321 e. The molecular weight excluding hydrogens is 264 g/mol. The summed E-state index contributed by atoms with van der Waals surface area (Å²) in [7, 11) is 0. The average Bonchev–Trinajstić information content (AvgIpc) is 2.35. The highest BCUT2D eigenvalue weighted by Crippen LogP contribution is 2.44. The zero-order valence-corrected chi connectivity index (χ0v) is 11.4. The number of urea groups is 1. The molecule has 0 saturated carbocycles. The van der Waals surface area contributed by atoms with Crippen LogP contribution in [0.3, 0.4) is 0 Å². The highest BCUT2D eigenvalue weighted by atomic mass is 35.5. The van der Waals surface area contributed by atoms with Gasteiger partial charge in [-0.15, -0.1) is 6.58 Å². The fourth-order valence-electron chi connectivity index (χ4n) is 2.79. The molecule has 4 nitrogen and oxygen atoms in total. The van der Waals surface area contributed by atoms with Gasteiger partial charge in [-0.2, -0.15) is 0 Å². The topological polar surface area (TPSA) is 41.6 Å². The third kappa shape index (κ3) is 1.87. The second kappa shape index (κ2) is 4.17. The van der Waals surface area contributed by atoms with E-state index in [-0.39, 0.29) is 12.1 Å². The van der Waals surface area contributed by atoms with Gasteiger partial charge in [-0.05, 0) is 25.1 Å². The lowest BCUT2D eigenvalue weighted by molar-refractivity contribution is -0.0788. The van der Waals surface area contributed by atoms with Crippen molar-refractivity contribution in [3.8, 4) is 5.75 Å². The van der Waals surface area contributed by atoms with Gasteiger partial charge < -0.3 is 10.1 Å². The molecular formula is C14H15ClN2O2. The van der Waals surface area contributed by atoms with Crippen LogP contribution in [0.4, 0.5) is 4.79 Å². The average molecular weight is 279 g/mol. The molecule has 1 N–H and O–H groups in total. The summed E-state index contributed by atoms with van der Waals surface area (Å²) >= 11 is 6.01. The molecule has 0 aliphatic carbocycles. The van der Waals surface area contributed by atoms with Crippen LogP contribution in [0.1, 0.15) is 24.9 Å². The molecule has 5 heteroatoms. The number of carbonyl (C=O) groups excluding carboxylic acids is 1. The standard InChI is InChI=1S/C14H15ClN2O2/c1-3-6-17-13(18)16-11-8-14(17,2)19-12-5-4-9(15)7-10(11)12/h3-5,7,11H,1,6,8H2,2H3,(H,16,18). The van der Waals surface area contributed by atoms with E-state index in [0.717, 1.165) is 11.3 Å². The summed E-state index contributed by atoms with van der Waals surface area (Å²) in [4.78, 5) is 13.8. The molecule has 2 aliphatic heterocycles. The summed E-state index contributed by atoms with van der Waals surface area (Å²) in [5.41, 5.74) is 0.304. The van der Waals surface area contributed by atoms with Crippen LogP contribution in [-0.4, -0.2) is 23.2 Å². The summed E-state index contributed by atoms with van der Waals surface area (Å²) in [6.07, 6.45) is 2.39. The van der Waals surface area contributed by atoms with Crippen molar-refractivity contribution in [1.29, 1.82) is 0 Å². The number of halogens is 1. The Balaban J connectivity index is 2.05. The molecule has 1 aromatic rings. The molecule has 2 heterocycles. The third-order valence-corrected chi connectivity index (χ3v) is 3.92. The second-order valence-corrected chi connectivity index (χ2v) is 5.50. The third-order valence-electron chi connectivity index (χ3n) is 3.69. The summed E-state index contributed by atoms with van der Waals surface area (Å²) in [5, 5.41) is 3.64. The van der Waals surface area contributed by atoms with E-state index in [0.29, 0.717) is 18.0 Å². The van der Waals surface area contributed by atoms with Crippen LogP contribution in [0.15, 0.2) is 30.9 Å². The summed E-state index contributed by atoms with van der Waals surface area (Å²) in [5.74, 6) is 0.775. The Morgan fingerprint density at radius 1 is 1.68 bits per heavy atom. The summed E-state index contributed by atoms with van der Waals surface area (Å²) in [6, 6.07) is 5.31. The minimum Gasteiger partial charge on any atom is -0.468 e. The van der Waals surface area contributed by atoms with Gasteiger partial charge >= 0.3 is 6.03 Å². The molecule has 2 bridgehead atoms. The van der Waals surface area contributed by atoms with E-state index in [1.165, 1.54) is 0 Å². The lowest BCUT2D eigenvalue weighted by Gasteiger charge is -2.50. The molecule has 1 aromatic carbocycles. The Kier molecular flexibility index (Phi) is 2.71. The number of fused-ring (bicyclic) bond motifs is 4. The van der Waals surface area contributed by atoms with E-state index in [1.807, 2.05) is 19.1 Å². The zero-order valence-electron chi connectivity index (χ0n) is 10.6. The van der Waals surface area contributed by atoms with Gasteiger partial charge in [-0.1, -0.05) is 17.7 Å². The van der Waals surface area contributed by atoms with Crippen molar-refractivity contribution in [2.24, 2.45) is 0 Å². The van der Waals surface area contributed by atoms with Crippen LogP contribution in [0.5, 0.6) is 5.75 Å². The Labute approximate surface area is 117 Å². The molecule has 2 amide bonds. The number of rotatable bonds is 2. The first-order chi connectivity index (χ1) is 9.03. The van der Waals surface area contributed by atoms with Crippen molar-refractivity contribution < 1.29 is 9.53 Å². The lowest BCUT2D eigenvalue weighted by Crippen LogP contribution is -2.64. The van der Waals surface area contributed by atoms with E-state index in [9.17, 15) is 4.79 Å². The largest absolute Gasteiger partial charge is 0.468 e. The second-order valence-electron chi connectivity index (χ2n) is 5.06. The lowest BCUT2D eigenvalue weighted by atomic mass is 9.90. The van der Waals surface area contributed by atoms with Crippen LogP contribution >= 0.6 is 11.6 Å². The fraction of sp³-hybridized carbons (Fsp3) is 0.357. The molecule has 3 rings (SSSR count). The Bertz CT molecular complexity index is 560. The van der Waals surface area contributed by atoms with E-state index in [2.05, 4.69) is 11.9 Å².